The lowest BCUT2D eigenvalue weighted by Crippen LogP contribution is -2.09. The molecule has 0 atom stereocenters. The van der Waals surface area contributed by atoms with E-state index < -0.39 is 29.2 Å². The Labute approximate surface area is 105 Å². The second kappa shape index (κ2) is 5.25. The van der Waals surface area contributed by atoms with Gasteiger partial charge in [0.05, 0.1) is 12.7 Å². The van der Waals surface area contributed by atoms with E-state index >= 15 is 0 Å². The van der Waals surface area contributed by atoms with Gasteiger partial charge in [-0.2, -0.15) is 22.5 Å². The van der Waals surface area contributed by atoms with Crippen molar-refractivity contribution in [2.75, 3.05) is 5.32 Å². The highest BCUT2D eigenvalue weighted by atomic mass is 19.2. The number of oxazole rings is 1. The summed E-state index contributed by atoms with van der Waals surface area (Å²) in [6, 6.07) is 0. The lowest BCUT2D eigenvalue weighted by atomic mass is 10.3. The summed E-state index contributed by atoms with van der Waals surface area (Å²) in [5.74, 6) is -5.90. The molecule has 0 radical (unpaired) electrons. The van der Waals surface area contributed by atoms with Gasteiger partial charge >= 0.3 is 0 Å². The van der Waals surface area contributed by atoms with E-state index in [9.17, 15) is 17.6 Å². The Bertz CT molecular complexity index is 574. The molecule has 2 aromatic rings. The largest absolute Gasteiger partial charge is 0.444 e. The number of hydrogen-bond acceptors (Lipinski definition) is 4. The van der Waals surface area contributed by atoms with E-state index in [1.807, 2.05) is 6.92 Å². The maximum absolute atomic E-state index is 13.3. The van der Waals surface area contributed by atoms with Crippen LogP contribution in [0.15, 0.2) is 10.6 Å². The number of anilines is 1. The molecule has 1 N–H and O–H groups in total. The fraction of sp³-hybridized carbons (Fsp3) is 0.273. The molecule has 4 nitrogen and oxygen atoms in total. The number of hydrogen-bond donors (Lipinski definition) is 1. The van der Waals surface area contributed by atoms with Gasteiger partial charge in [-0.05, 0) is 0 Å². The van der Waals surface area contributed by atoms with Crippen molar-refractivity contribution in [3.63, 3.8) is 0 Å². The normalized spacial score (nSPS) is 10.8. The number of nitrogens with zero attached hydrogens (tertiary/aromatic N) is 2. The molecule has 0 fully saturated rings. The fourth-order valence-electron chi connectivity index (χ4n) is 1.40. The fourth-order valence-corrected chi connectivity index (χ4v) is 1.40. The summed E-state index contributed by atoms with van der Waals surface area (Å²) in [6.45, 7) is 1.63. The molecule has 0 unspecified atom stereocenters. The number of aromatic nitrogens is 2. The maximum atomic E-state index is 13.3. The van der Waals surface area contributed by atoms with Gasteiger partial charge in [-0.3, -0.25) is 0 Å². The van der Waals surface area contributed by atoms with Crippen LogP contribution in [0.4, 0.5) is 23.2 Å². The Hall–Kier alpha value is -2.12. The second-order valence-electron chi connectivity index (χ2n) is 3.62. The summed E-state index contributed by atoms with van der Waals surface area (Å²) >= 11 is 0. The number of halogens is 4. The molecule has 0 aliphatic rings. The van der Waals surface area contributed by atoms with E-state index in [0.717, 1.165) is 0 Å². The second-order valence-corrected chi connectivity index (χ2v) is 3.62. The van der Waals surface area contributed by atoms with Gasteiger partial charge in [-0.1, -0.05) is 6.92 Å². The first-order chi connectivity index (χ1) is 9.02. The predicted octanol–water partition coefficient (Wildman–Crippen LogP) is 2.80. The molecule has 2 heterocycles. The zero-order valence-corrected chi connectivity index (χ0v) is 9.81. The lowest BCUT2D eigenvalue weighted by molar-refractivity contribution is 0.409. The van der Waals surface area contributed by atoms with Gasteiger partial charge in [0.1, 0.15) is 11.4 Å². The predicted molar refractivity (Wildman–Crippen MR) is 57.3 cm³/mol. The van der Waals surface area contributed by atoms with Crippen LogP contribution in [0.5, 0.6) is 0 Å². The van der Waals surface area contributed by atoms with Gasteiger partial charge in [0.15, 0.2) is 0 Å². The summed E-state index contributed by atoms with van der Waals surface area (Å²) in [6.07, 6.45) is 2.06. The zero-order valence-electron chi connectivity index (χ0n) is 9.81. The molecule has 0 bridgehead atoms. The average Bonchev–Trinajstić information content (AvgIpc) is 2.84. The molecule has 0 saturated heterocycles. The van der Waals surface area contributed by atoms with Crippen molar-refractivity contribution in [2.24, 2.45) is 0 Å². The van der Waals surface area contributed by atoms with Crippen LogP contribution in [0, 0.1) is 23.5 Å². The van der Waals surface area contributed by atoms with Crippen LogP contribution in [-0.4, -0.2) is 9.97 Å². The van der Waals surface area contributed by atoms with Crippen LogP contribution in [0.2, 0.25) is 0 Å². The Kier molecular flexibility index (Phi) is 3.68. The summed E-state index contributed by atoms with van der Waals surface area (Å²) in [7, 11) is 0. The van der Waals surface area contributed by atoms with Gasteiger partial charge in [0.25, 0.3) is 11.9 Å². The molecule has 8 heteroatoms. The van der Waals surface area contributed by atoms with E-state index in [-0.39, 0.29) is 12.4 Å². The summed E-state index contributed by atoms with van der Waals surface area (Å²) in [5.41, 5.74) is -0.943. The van der Waals surface area contributed by atoms with E-state index in [2.05, 4.69) is 15.3 Å². The molecule has 19 heavy (non-hydrogen) atoms. The minimum atomic E-state index is -1.72. The number of rotatable bonds is 4. The van der Waals surface area contributed by atoms with E-state index in [4.69, 9.17) is 4.42 Å². The molecule has 0 aliphatic carbocycles. The highest BCUT2D eigenvalue weighted by molar-refractivity contribution is 5.45. The van der Waals surface area contributed by atoms with Crippen molar-refractivity contribution < 1.29 is 22.0 Å². The third kappa shape index (κ3) is 2.67. The van der Waals surface area contributed by atoms with Gasteiger partial charge in [0, 0.05) is 6.42 Å². The smallest absolute Gasteiger partial charge is 0.253 e. The highest BCUT2D eigenvalue weighted by Crippen LogP contribution is 2.22. The van der Waals surface area contributed by atoms with Gasteiger partial charge < -0.3 is 9.73 Å². The quantitative estimate of drug-likeness (QED) is 0.688. The minimum absolute atomic E-state index is 0.147. The zero-order chi connectivity index (χ0) is 14.0. The van der Waals surface area contributed by atoms with Crippen molar-refractivity contribution in [3.8, 4) is 0 Å². The molecule has 0 aromatic carbocycles. The van der Waals surface area contributed by atoms with Crippen molar-refractivity contribution in [1.82, 2.24) is 9.97 Å². The van der Waals surface area contributed by atoms with Crippen LogP contribution in [0.3, 0.4) is 0 Å². The minimum Gasteiger partial charge on any atom is -0.444 e. The first-order valence-corrected chi connectivity index (χ1v) is 5.40. The number of nitrogens with one attached hydrogen (secondary N) is 1. The van der Waals surface area contributed by atoms with Crippen molar-refractivity contribution >= 4 is 5.69 Å². The molecule has 0 amide bonds. The monoisotopic (exact) mass is 275 g/mol. The summed E-state index contributed by atoms with van der Waals surface area (Å²) in [4.78, 5) is 6.27. The highest BCUT2D eigenvalue weighted by Gasteiger charge is 2.20. The molecular weight excluding hydrogens is 266 g/mol. The Morgan fingerprint density at radius 3 is 2.32 bits per heavy atom. The average molecular weight is 275 g/mol. The summed E-state index contributed by atoms with van der Waals surface area (Å²) in [5, 5.41) is 2.19. The number of pyridine rings is 1. The Morgan fingerprint density at radius 2 is 1.79 bits per heavy atom. The van der Waals surface area contributed by atoms with Gasteiger partial charge in [-0.15, -0.1) is 0 Å². The molecule has 0 spiro atoms. The first kappa shape index (κ1) is 13.3. The van der Waals surface area contributed by atoms with Gasteiger partial charge in [0.2, 0.25) is 17.5 Å². The molecule has 2 aromatic heterocycles. The molecular formula is C11H9F4N3O. The van der Waals surface area contributed by atoms with Crippen LogP contribution >= 0.6 is 0 Å². The maximum Gasteiger partial charge on any atom is 0.253 e. The molecule has 102 valence electrons. The standard InChI is InChI=1S/C11H9F4N3O/c1-2-5-3-16-6(19-5)4-17-9-7(12)10(14)18-11(15)8(9)13/h3H,2,4H2,1H3,(H,17,18). The topological polar surface area (TPSA) is 51.0 Å². The van der Waals surface area contributed by atoms with Crippen LogP contribution in [-0.2, 0) is 13.0 Å². The van der Waals surface area contributed by atoms with E-state index in [1.165, 1.54) is 6.20 Å². The van der Waals surface area contributed by atoms with Crippen molar-refractivity contribution in [2.45, 2.75) is 19.9 Å². The first-order valence-electron chi connectivity index (χ1n) is 5.40. The third-order valence-electron chi connectivity index (χ3n) is 2.36. The molecule has 0 aliphatic heterocycles. The van der Waals surface area contributed by atoms with Crippen LogP contribution in [0.1, 0.15) is 18.6 Å². The molecule has 0 saturated carbocycles. The lowest BCUT2D eigenvalue weighted by Gasteiger charge is -2.07. The van der Waals surface area contributed by atoms with E-state index in [0.29, 0.717) is 12.2 Å². The summed E-state index contributed by atoms with van der Waals surface area (Å²) < 4.78 is 57.4. The molecule has 2 rings (SSSR count). The van der Waals surface area contributed by atoms with E-state index in [1.54, 1.807) is 0 Å². The number of aryl methyl sites for hydroxylation is 1. The third-order valence-corrected chi connectivity index (χ3v) is 2.36. The van der Waals surface area contributed by atoms with Crippen LogP contribution < -0.4 is 5.32 Å². The van der Waals surface area contributed by atoms with Crippen LogP contribution in [0.25, 0.3) is 0 Å². The SMILES string of the molecule is CCc1cnc(CNc2c(F)c(F)nc(F)c2F)o1. The van der Waals surface area contributed by atoms with Gasteiger partial charge in [-0.25, -0.2) is 4.98 Å². The van der Waals surface area contributed by atoms with Crippen molar-refractivity contribution in [1.29, 1.82) is 0 Å². The van der Waals surface area contributed by atoms with Crippen molar-refractivity contribution in [3.05, 3.63) is 41.4 Å². The Morgan fingerprint density at radius 1 is 1.16 bits per heavy atom. The Balaban J connectivity index is 2.19.